The van der Waals surface area contributed by atoms with Gasteiger partial charge in [0.1, 0.15) is 17.3 Å². The molecule has 0 bridgehead atoms. The predicted molar refractivity (Wildman–Crippen MR) is 107 cm³/mol. The SMILES string of the molecule is COc1ccc2cc(C(=O)N3CCSC(c4ccccc4F)CC3)[nH]c2c1. The van der Waals surface area contributed by atoms with Gasteiger partial charge in [0.2, 0.25) is 0 Å². The average Bonchev–Trinajstić information content (AvgIpc) is 2.96. The van der Waals surface area contributed by atoms with Crippen molar-refractivity contribution in [2.24, 2.45) is 0 Å². The van der Waals surface area contributed by atoms with Gasteiger partial charge in [-0.2, -0.15) is 11.8 Å². The van der Waals surface area contributed by atoms with Gasteiger partial charge in [-0.25, -0.2) is 4.39 Å². The fraction of sp³-hybridized carbons (Fsp3) is 0.286. The highest BCUT2D eigenvalue weighted by molar-refractivity contribution is 7.99. The lowest BCUT2D eigenvalue weighted by atomic mass is 10.1. The summed E-state index contributed by atoms with van der Waals surface area (Å²) in [6.07, 6.45) is 0.741. The number of fused-ring (bicyclic) bond motifs is 1. The fourth-order valence-corrected chi connectivity index (χ4v) is 4.73. The first-order valence-corrected chi connectivity index (χ1v) is 10.0. The minimum absolute atomic E-state index is 0.0139. The number of thioether (sulfide) groups is 1. The number of hydrogen-bond acceptors (Lipinski definition) is 3. The molecule has 6 heteroatoms. The lowest BCUT2D eigenvalue weighted by Gasteiger charge is -2.19. The molecule has 0 aliphatic carbocycles. The first kappa shape index (κ1) is 17.9. The number of halogens is 1. The molecule has 1 N–H and O–H groups in total. The zero-order valence-electron chi connectivity index (χ0n) is 15.1. The lowest BCUT2D eigenvalue weighted by Crippen LogP contribution is -2.33. The number of nitrogens with zero attached hydrogens (tertiary/aromatic N) is 1. The van der Waals surface area contributed by atoms with Gasteiger partial charge in [-0.15, -0.1) is 0 Å². The van der Waals surface area contributed by atoms with E-state index in [2.05, 4.69) is 4.98 Å². The van der Waals surface area contributed by atoms with Gasteiger partial charge in [0, 0.05) is 46.6 Å². The van der Waals surface area contributed by atoms with Gasteiger partial charge >= 0.3 is 0 Å². The Labute approximate surface area is 161 Å². The predicted octanol–water partition coefficient (Wildman–Crippen LogP) is 4.64. The summed E-state index contributed by atoms with van der Waals surface area (Å²) in [6, 6.07) is 14.5. The number of benzene rings is 2. The Hall–Kier alpha value is -2.47. The van der Waals surface area contributed by atoms with Gasteiger partial charge in [-0.1, -0.05) is 18.2 Å². The van der Waals surface area contributed by atoms with Crippen LogP contribution in [0.25, 0.3) is 10.9 Å². The number of methoxy groups -OCH3 is 1. The largest absolute Gasteiger partial charge is 0.497 e. The number of hydrogen-bond donors (Lipinski definition) is 1. The Morgan fingerprint density at radius 1 is 1.22 bits per heavy atom. The Balaban J connectivity index is 1.50. The summed E-state index contributed by atoms with van der Waals surface area (Å²) >= 11 is 1.72. The van der Waals surface area contributed by atoms with Gasteiger partial charge in [-0.3, -0.25) is 4.79 Å². The summed E-state index contributed by atoms with van der Waals surface area (Å²) < 4.78 is 19.3. The average molecular weight is 384 g/mol. The molecule has 1 saturated heterocycles. The monoisotopic (exact) mass is 384 g/mol. The number of carbonyl (C=O) groups excluding carboxylic acids is 1. The lowest BCUT2D eigenvalue weighted by molar-refractivity contribution is 0.0761. The quantitative estimate of drug-likeness (QED) is 0.716. The molecule has 0 saturated carbocycles. The normalized spacial score (nSPS) is 17.7. The number of rotatable bonds is 3. The summed E-state index contributed by atoms with van der Waals surface area (Å²) in [4.78, 5) is 18.0. The summed E-state index contributed by atoms with van der Waals surface area (Å²) in [5.41, 5.74) is 2.19. The number of nitrogens with one attached hydrogen (secondary N) is 1. The Kier molecular flexibility index (Phi) is 5.07. The first-order chi connectivity index (χ1) is 13.2. The van der Waals surface area contributed by atoms with E-state index in [9.17, 15) is 9.18 Å². The molecule has 0 spiro atoms. The molecule has 1 unspecified atom stereocenters. The van der Waals surface area contributed by atoms with Crippen LogP contribution in [0.5, 0.6) is 5.75 Å². The maximum Gasteiger partial charge on any atom is 0.270 e. The van der Waals surface area contributed by atoms with Crippen LogP contribution in [0.3, 0.4) is 0 Å². The molecule has 0 radical (unpaired) electrons. The maximum absolute atomic E-state index is 14.1. The molecule has 140 valence electrons. The number of amides is 1. The fourth-order valence-electron chi connectivity index (χ4n) is 3.48. The van der Waals surface area contributed by atoms with Crippen molar-refractivity contribution in [1.82, 2.24) is 9.88 Å². The van der Waals surface area contributed by atoms with E-state index in [4.69, 9.17) is 4.74 Å². The van der Waals surface area contributed by atoms with E-state index in [-0.39, 0.29) is 17.0 Å². The van der Waals surface area contributed by atoms with Crippen LogP contribution < -0.4 is 4.74 Å². The van der Waals surface area contributed by atoms with E-state index in [1.54, 1.807) is 24.9 Å². The molecule has 1 fully saturated rings. The number of carbonyl (C=O) groups is 1. The van der Waals surface area contributed by atoms with Crippen molar-refractivity contribution < 1.29 is 13.9 Å². The third-order valence-electron chi connectivity index (χ3n) is 4.94. The standard InChI is InChI=1S/C21H21FN2O2S/c1-26-15-7-6-14-12-19(23-18(14)13-15)21(25)24-9-8-20(27-11-10-24)16-4-2-3-5-17(16)22/h2-7,12-13,20,23H,8-11H2,1H3. The van der Waals surface area contributed by atoms with E-state index in [0.717, 1.165) is 34.4 Å². The second-order valence-corrected chi connectivity index (χ2v) is 7.91. The topological polar surface area (TPSA) is 45.3 Å². The smallest absolute Gasteiger partial charge is 0.270 e. The van der Waals surface area contributed by atoms with Gasteiger partial charge < -0.3 is 14.6 Å². The van der Waals surface area contributed by atoms with Crippen molar-refractivity contribution >= 4 is 28.6 Å². The van der Waals surface area contributed by atoms with Crippen molar-refractivity contribution in [2.75, 3.05) is 26.0 Å². The molecule has 27 heavy (non-hydrogen) atoms. The van der Waals surface area contributed by atoms with Crippen molar-refractivity contribution in [3.8, 4) is 5.75 Å². The Bertz CT molecular complexity index is 972. The molecule has 1 atom stereocenters. The van der Waals surface area contributed by atoms with Gasteiger partial charge in [0.05, 0.1) is 7.11 Å². The third-order valence-corrected chi connectivity index (χ3v) is 6.25. The second kappa shape index (κ2) is 7.64. The molecule has 1 aliphatic heterocycles. The van der Waals surface area contributed by atoms with Crippen molar-refractivity contribution in [2.45, 2.75) is 11.7 Å². The van der Waals surface area contributed by atoms with Crippen LogP contribution in [0.4, 0.5) is 4.39 Å². The zero-order valence-corrected chi connectivity index (χ0v) is 15.9. The summed E-state index contributed by atoms with van der Waals surface area (Å²) in [7, 11) is 1.62. The number of aromatic nitrogens is 1. The highest BCUT2D eigenvalue weighted by atomic mass is 32.2. The second-order valence-electron chi connectivity index (χ2n) is 6.60. The summed E-state index contributed by atoms with van der Waals surface area (Å²) in [5, 5.41) is 1.06. The van der Waals surface area contributed by atoms with E-state index in [1.807, 2.05) is 41.3 Å². The van der Waals surface area contributed by atoms with Gasteiger partial charge in [-0.05, 0) is 30.7 Å². The third kappa shape index (κ3) is 3.67. The molecular formula is C21H21FN2O2S. The van der Waals surface area contributed by atoms with Crippen molar-refractivity contribution in [1.29, 1.82) is 0 Å². The highest BCUT2D eigenvalue weighted by Crippen LogP contribution is 2.36. The van der Waals surface area contributed by atoms with Crippen LogP contribution in [0.1, 0.15) is 27.7 Å². The van der Waals surface area contributed by atoms with Crippen LogP contribution in [-0.4, -0.2) is 41.7 Å². The summed E-state index contributed by atoms with van der Waals surface area (Å²) in [6.45, 7) is 1.27. The van der Waals surface area contributed by atoms with Crippen LogP contribution >= 0.6 is 11.8 Å². The van der Waals surface area contributed by atoms with Gasteiger partial charge in [0.25, 0.3) is 5.91 Å². The first-order valence-electron chi connectivity index (χ1n) is 8.98. The van der Waals surface area contributed by atoms with Gasteiger partial charge in [0.15, 0.2) is 0 Å². The summed E-state index contributed by atoms with van der Waals surface area (Å²) in [5.74, 6) is 1.36. The molecule has 1 amide bonds. The van der Waals surface area contributed by atoms with E-state index < -0.39 is 0 Å². The zero-order chi connectivity index (χ0) is 18.8. The number of H-pyrrole nitrogens is 1. The molecular weight excluding hydrogens is 363 g/mol. The molecule has 1 aliphatic rings. The molecule has 1 aromatic heterocycles. The van der Waals surface area contributed by atoms with Crippen LogP contribution in [-0.2, 0) is 0 Å². The van der Waals surface area contributed by atoms with E-state index in [1.165, 1.54) is 6.07 Å². The van der Waals surface area contributed by atoms with Crippen molar-refractivity contribution in [3.05, 3.63) is 65.6 Å². The van der Waals surface area contributed by atoms with Crippen LogP contribution in [0.2, 0.25) is 0 Å². The van der Waals surface area contributed by atoms with Crippen LogP contribution in [0.15, 0.2) is 48.5 Å². The Morgan fingerprint density at radius 2 is 2.07 bits per heavy atom. The maximum atomic E-state index is 14.1. The minimum Gasteiger partial charge on any atom is -0.497 e. The molecule has 2 aromatic carbocycles. The minimum atomic E-state index is -0.167. The number of aromatic amines is 1. The van der Waals surface area contributed by atoms with Crippen molar-refractivity contribution in [3.63, 3.8) is 0 Å². The number of ether oxygens (including phenoxy) is 1. The molecule has 3 aromatic rings. The van der Waals surface area contributed by atoms with Crippen LogP contribution in [0, 0.1) is 5.82 Å². The molecule has 4 rings (SSSR count). The molecule has 2 heterocycles. The molecule has 4 nitrogen and oxygen atoms in total. The highest BCUT2D eigenvalue weighted by Gasteiger charge is 2.25. The Morgan fingerprint density at radius 3 is 2.89 bits per heavy atom. The van der Waals surface area contributed by atoms with E-state index >= 15 is 0 Å². The van der Waals surface area contributed by atoms with E-state index in [0.29, 0.717) is 18.8 Å².